The number of rotatable bonds is 7. The summed E-state index contributed by atoms with van der Waals surface area (Å²) in [6, 6.07) is 11.8. The van der Waals surface area contributed by atoms with E-state index >= 15 is 0 Å². The molecule has 1 aromatic carbocycles. The third-order valence-electron chi connectivity index (χ3n) is 5.63. The molecule has 0 fully saturated rings. The Hall–Kier alpha value is -1.63. The molecule has 0 unspecified atom stereocenters. The molecule has 0 aliphatic rings. The van der Waals surface area contributed by atoms with E-state index in [1.807, 2.05) is 0 Å². The van der Waals surface area contributed by atoms with Crippen LogP contribution in [-0.2, 0) is 7.05 Å². The minimum atomic E-state index is 0.660. The van der Waals surface area contributed by atoms with Gasteiger partial charge in [-0.25, -0.2) is 4.57 Å². The summed E-state index contributed by atoms with van der Waals surface area (Å²) in [6.07, 6.45) is 7.05. The molecule has 1 heteroatoms. The van der Waals surface area contributed by atoms with Gasteiger partial charge in [-0.1, -0.05) is 39.8 Å². The monoisotopic (exact) mass is 324 g/mol. The van der Waals surface area contributed by atoms with Crippen LogP contribution in [0.15, 0.2) is 36.5 Å². The largest absolute Gasteiger partial charge is 0.212 e. The summed E-state index contributed by atoms with van der Waals surface area (Å²) in [4.78, 5) is 0. The van der Waals surface area contributed by atoms with E-state index in [-0.39, 0.29) is 0 Å². The zero-order valence-electron chi connectivity index (χ0n) is 16.4. The number of benzene rings is 1. The van der Waals surface area contributed by atoms with Gasteiger partial charge in [0.2, 0.25) is 5.69 Å². The van der Waals surface area contributed by atoms with Crippen molar-refractivity contribution in [3.8, 4) is 11.3 Å². The van der Waals surface area contributed by atoms with Gasteiger partial charge in [-0.3, -0.25) is 0 Å². The van der Waals surface area contributed by atoms with Gasteiger partial charge < -0.3 is 0 Å². The lowest BCUT2D eigenvalue weighted by Crippen LogP contribution is -2.31. The molecule has 0 amide bonds. The highest BCUT2D eigenvalue weighted by Gasteiger charge is 2.18. The minimum Gasteiger partial charge on any atom is -0.201 e. The smallest absolute Gasteiger partial charge is 0.201 e. The van der Waals surface area contributed by atoms with Gasteiger partial charge in [-0.2, -0.15) is 0 Å². The molecular formula is C23H34N+. The fourth-order valence-electron chi connectivity index (χ4n) is 3.80. The second kappa shape index (κ2) is 8.46. The van der Waals surface area contributed by atoms with Crippen LogP contribution in [0.1, 0.15) is 81.9 Å². The predicted octanol–water partition coefficient (Wildman–Crippen LogP) is 6.29. The third kappa shape index (κ3) is 3.88. The fourth-order valence-corrected chi connectivity index (χ4v) is 3.80. The standard InChI is InChI=1S/C23H34N/c1-7-18(8-2)20-12-11-17(5)22(15-20)23-16-21(13-14-24(23)6)19(9-3)10-4/h11-16,18-19H,7-10H2,1-6H3/q+1. The first-order valence-electron chi connectivity index (χ1n) is 9.66. The van der Waals surface area contributed by atoms with Gasteiger partial charge in [0.25, 0.3) is 0 Å². The van der Waals surface area contributed by atoms with Crippen molar-refractivity contribution in [1.82, 2.24) is 0 Å². The van der Waals surface area contributed by atoms with Crippen molar-refractivity contribution in [2.24, 2.45) is 7.05 Å². The van der Waals surface area contributed by atoms with Crippen LogP contribution in [0.5, 0.6) is 0 Å². The third-order valence-corrected chi connectivity index (χ3v) is 5.63. The Bertz CT molecular complexity index is 604. The van der Waals surface area contributed by atoms with Gasteiger partial charge in [0.1, 0.15) is 7.05 Å². The minimum absolute atomic E-state index is 0.660. The molecule has 0 bridgehead atoms. The summed E-state index contributed by atoms with van der Waals surface area (Å²) < 4.78 is 2.27. The van der Waals surface area contributed by atoms with Crippen LogP contribution in [-0.4, -0.2) is 0 Å². The highest BCUT2D eigenvalue weighted by Crippen LogP contribution is 2.31. The van der Waals surface area contributed by atoms with Gasteiger partial charge in [-0.15, -0.1) is 0 Å². The number of pyridine rings is 1. The van der Waals surface area contributed by atoms with Crippen molar-refractivity contribution in [3.63, 3.8) is 0 Å². The molecule has 0 spiro atoms. The fraction of sp³-hybridized carbons (Fsp3) is 0.522. The van der Waals surface area contributed by atoms with Gasteiger partial charge >= 0.3 is 0 Å². The summed E-state index contributed by atoms with van der Waals surface area (Å²) in [5.41, 5.74) is 7.04. The number of nitrogens with zero attached hydrogens (tertiary/aromatic N) is 1. The Morgan fingerprint density at radius 3 is 1.88 bits per heavy atom. The number of hydrogen-bond acceptors (Lipinski definition) is 0. The summed E-state index contributed by atoms with van der Waals surface area (Å²) in [6.45, 7) is 11.4. The van der Waals surface area contributed by atoms with E-state index in [2.05, 4.69) is 82.8 Å². The average Bonchev–Trinajstić information content (AvgIpc) is 2.60. The van der Waals surface area contributed by atoms with E-state index in [1.165, 1.54) is 53.6 Å². The molecule has 0 aliphatic heterocycles. The van der Waals surface area contributed by atoms with Crippen LogP contribution in [0.2, 0.25) is 0 Å². The molecule has 130 valence electrons. The molecule has 1 heterocycles. The van der Waals surface area contributed by atoms with E-state index < -0.39 is 0 Å². The Kier molecular flexibility index (Phi) is 6.60. The Labute approximate surface area is 148 Å². The number of aromatic nitrogens is 1. The highest BCUT2D eigenvalue weighted by atomic mass is 14.9. The van der Waals surface area contributed by atoms with E-state index in [1.54, 1.807) is 0 Å². The first-order valence-corrected chi connectivity index (χ1v) is 9.66. The predicted molar refractivity (Wildman–Crippen MR) is 104 cm³/mol. The Morgan fingerprint density at radius 2 is 1.33 bits per heavy atom. The molecule has 24 heavy (non-hydrogen) atoms. The Morgan fingerprint density at radius 1 is 0.792 bits per heavy atom. The zero-order valence-corrected chi connectivity index (χ0v) is 16.4. The van der Waals surface area contributed by atoms with Crippen LogP contribution in [0.3, 0.4) is 0 Å². The van der Waals surface area contributed by atoms with Crippen LogP contribution in [0, 0.1) is 6.92 Å². The second-order valence-corrected chi connectivity index (χ2v) is 7.06. The van der Waals surface area contributed by atoms with Crippen molar-refractivity contribution in [2.45, 2.75) is 72.1 Å². The highest BCUT2D eigenvalue weighted by molar-refractivity contribution is 5.63. The van der Waals surface area contributed by atoms with Crippen molar-refractivity contribution in [1.29, 1.82) is 0 Å². The van der Waals surface area contributed by atoms with E-state index in [9.17, 15) is 0 Å². The SMILES string of the molecule is CCC(CC)c1ccc(C)c(-c2cc(C(CC)CC)cc[n+]2C)c1. The lowest BCUT2D eigenvalue weighted by Gasteiger charge is -2.16. The van der Waals surface area contributed by atoms with Gasteiger partial charge in [0, 0.05) is 17.7 Å². The van der Waals surface area contributed by atoms with E-state index in [0.29, 0.717) is 11.8 Å². The number of aryl methyl sites for hydroxylation is 2. The maximum atomic E-state index is 2.43. The van der Waals surface area contributed by atoms with Gasteiger partial charge in [-0.05, 0) is 67.2 Å². The zero-order chi connectivity index (χ0) is 17.7. The van der Waals surface area contributed by atoms with Crippen LogP contribution < -0.4 is 4.57 Å². The summed E-state index contributed by atoms with van der Waals surface area (Å²) >= 11 is 0. The molecule has 2 aromatic rings. The van der Waals surface area contributed by atoms with Gasteiger partial charge in [0.05, 0.1) is 0 Å². The molecule has 1 nitrogen and oxygen atoms in total. The maximum absolute atomic E-state index is 2.43. The van der Waals surface area contributed by atoms with Crippen molar-refractivity contribution in [2.75, 3.05) is 0 Å². The summed E-state index contributed by atoms with van der Waals surface area (Å²) in [5, 5.41) is 0. The molecule has 0 atom stereocenters. The molecule has 2 rings (SSSR count). The van der Waals surface area contributed by atoms with Crippen LogP contribution in [0.25, 0.3) is 11.3 Å². The van der Waals surface area contributed by atoms with Crippen molar-refractivity contribution >= 4 is 0 Å². The first-order chi connectivity index (χ1) is 11.5. The first kappa shape index (κ1) is 18.7. The number of hydrogen-bond donors (Lipinski definition) is 0. The summed E-state index contributed by atoms with van der Waals surface area (Å²) in [5.74, 6) is 1.32. The molecular weight excluding hydrogens is 290 g/mol. The topological polar surface area (TPSA) is 3.88 Å². The van der Waals surface area contributed by atoms with Crippen molar-refractivity contribution in [3.05, 3.63) is 53.2 Å². The van der Waals surface area contributed by atoms with Gasteiger partial charge in [0.15, 0.2) is 6.20 Å². The Balaban J connectivity index is 2.54. The van der Waals surface area contributed by atoms with Crippen LogP contribution in [0.4, 0.5) is 0 Å². The second-order valence-electron chi connectivity index (χ2n) is 7.06. The quantitative estimate of drug-likeness (QED) is 0.527. The molecule has 0 saturated carbocycles. The molecule has 1 aromatic heterocycles. The summed E-state index contributed by atoms with van der Waals surface area (Å²) in [7, 11) is 2.16. The maximum Gasteiger partial charge on any atom is 0.212 e. The van der Waals surface area contributed by atoms with E-state index in [4.69, 9.17) is 0 Å². The molecule has 0 aliphatic carbocycles. The molecule has 0 N–H and O–H groups in total. The molecule has 0 radical (unpaired) electrons. The molecule has 0 saturated heterocycles. The van der Waals surface area contributed by atoms with E-state index in [0.717, 1.165) is 0 Å². The average molecular weight is 325 g/mol. The lowest BCUT2D eigenvalue weighted by molar-refractivity contribution is -0.660. The van der Waals surface area contributed by atoms with Crippen molar-refractivity contribution < 1.29 is 4.57 Å². The normalized spacial score (nSPS) is 11.5. The lowest BCUT2D eigenvalue weighted by atomic mass is 9.89. The van der Waals surface area contributed by atoms with Crippen LogP contribution >= 0.6 is 0 Å².